The predicted molar refractivity (Wildman–Crippen MR) is 163 cm³/mol. The molecule has 5 aromatic rings. The van der Waals surface area contributed by atoms with Gasteiger partial charge in [-0.05, 0) is 65.9 Å². The second kappa shape index (κ2) is 11.4. The summed E-state index contributed by atoms with van der Waals surface area (Å²) in [5, 5.41) is 21.6. The molecule has 0 saturated heterocycles. The molecule has 2 heterocycles. The first kappa shape index (κ1) is 27.0. The van der Waals surface area contributed by atoms with Crippen LogP contribution in [-0.2, 0) is 11.2 Å². The summed E-state index contributed by atoms with van der Waals surface area (Å²) in [5.41, 5.74) is 5.22. The number of carbonyl (C=O) groups is 1. The Kier molecular flexibility index (Phi) is 7.30. The minimum atomic E-state index is -0.592. The fraction of sp³-hybridized carbons (Fsp3) is 0.152. The number of allylic oxidation sites excluding steroid dienone is 2. The molecular formula is C33H25N3O5S. The first-order valence-corrected chi connectivity index (χ1v) is 14.0. The van der Waals surface area contributed by atoms with E-state index < -0.39 is 12.6 Å². The largest absolute Gasteiger partial charge is 0.507 e. The summed E-state index contributed by atoms with van der Waals surface area (Å²) in [4.78, 5) is 23.0. The highest BCUT2D eigenvalue weighted by atomic mass is 32.1. The number of carbonyl (C=O) groups excluding carboxylic acids is 1. The molecule has 1 N–H and O–H groups in total. The number of hydrogen-bond acceptors (Lipinski definition) is 9. The van der Waals surface area contributed by atoms with Gasteiger partial charge < -0.3 is 19.3 Å². The van der Waals surface area contributed by atoms with Gasteiger partial charge in [-0.2, -0.15) is 5.26 Å². The molecule has 208 valence electrons. The first-order chi connectivity index (χ1) is 20.5. The second-order valence-electron chi connectivity index (χ2n) is 9.61. The van der Waals surface area contributed by atoms with Crippen LogP contribution in [0.15, 0.2) is 72.5 Å². The number of para-hydroxylation sites is 2. The lowest BCUT2D eigenvalue weighted by molar-refractivity contribution is 0.0504. The quantitative estimate of drug-likeness (QED) is 0.125. The van der Waals surface area contributed by atoms with Crippen LogP contribution >= 0.6 is 11.3 Å². The third-order valence-corrected chi connectivity index (χ3v) is 8.20. The molecule has 0 fully saturated rings. The van der Waals surface area contributed by atoms with E-state index in [1.54, 1.807) is 14.2 Å². The molecule has 0 bridgehead atoms. The average Bonchev–Trinajstić information content (AvgIpc) is 3.62. The summed E-state index contributed by atoms with van der Waals surface area (Å²) in [7, 11) is 3.19. The van der Waals surface area contributed by atoms with E-state index in [-0.39, 0.29) is 11.3 Å². The van der Waals surface area contributed by atoms with Crippen molar-refractivity contribution in [1.82, 2.24) is 9.97 Å². The van der Waals surface area contributed by atoms with Gasteiger partial charge in [0.1, 0.15) is 23.3 Å². The second-order valence-corrected chi connectivity index (χ2v) is 10.6. The number of methoxy groups -OCH3 is 2. The zero-order valence-corrected chi connectivity index (χ0v) is 23.7. The molecular weight excluding hydrogens is 550 g/mol. The molecule has 0 aliphatic heterocycles. The molecule has 8 nitrogen and oxygen atoms in total. The van der Waals surface area contributed by atoms with Crippen LogP contribution in [0.3, 0.4) is 0 Å². The SMILES string of the molecule is COc1ccc(/C=C2\CCc3c2nc2ccccc2c3C(=O)OC/C(O)=C(\C#N)c2nc3ccccc3s2)cc1OC. The van der Waals surface area contributed by atoms with Crippen LogP contribution in [0, 0.1) is 11.3 Å². The molecule has 3 aromatic carbocycles. The number of pyridine rings is 1. The Balaban J connectivity index is 1.34. The number of thiazole rings is 1. The summed E-state index contributed by atoms with van der Waals surface area (Å²) < 4.78 is 17.3. The van der Waals surface area contributed by atoms with Crippen molar-refractivity contribution in [3.63, 3.8) is 0 Å². The molecule has 1 aliphatic carbocycles. The molecule has 0 atom stereocenters. The third kappa shape index (κ3) is 4.93. The topological polar surface area (TPSA) is 115 Å². The van der Waals surface area contributed by atoms with Gasteiger partial charge in [-0.1, -0.05) is 36.4 Å². The van der Waals surface area contributed by atoms with Crippen LogP contribution in [-0.4, -0.2) is 41.9 Å². The number of aliphatic hydroxyl groups excluding tert-OH is 1. The molecule has 6 rings (SSSR count). The Hall–Kier alpha value is -5.20. The number of fused-ring (bicyclic) bond motifs is 3. The van der Waals surface area contributed by atoms with Crippen molar-refractivity contribution in [3.8, 4) is 17.6 Å². The maximum absolute atomic E-state index is 13.6. The number of nitriles is 1. The zero-order chi connectivity index (χ0) is 29.2. The summed E-state index contributed by atoms with van der Waals surface area (Å²) >= 11 is 1.29. The van der Waals surface area contributed by atoms with Crippen LogP contribution in [0.4, 0.5) is 0 Å². The van der Waals surface area contributed by atoms with Crippen LogP contribution in [0.25, 0.3) is 38.3 Å². The van der Waals surface area contributed by atoms with E-state index in [2.05, 4.69) is 4.98 Å². The predicted octanol–water partition coefficient (Wildman–Crippen LogP) is 7.00. The van der Waals surface area contributed by atoms with Crippen molar-refractivity contribution in [3.05, 3.63) is 99.9 Å². The highest BCUT2D eigenvalue weighted by molar-refractivity contribution is 7.19. The average molecular weight is 576 g/mol. The third-order valence-electron chi connectivity index (χ3n) is 7.14. The van der Waals surface area contributed by atoms with Gasteiger partial charge in [0.2, 0.25) is 0 Å². The molecule has 1 aliphatic rings. The number of hydrogen-bond donors (Lipinski definition) is 1. The van der Waals surface area contributed by atoms with Crippen molar-refractivity contribution >= 4 is 55.6 Å². The maximum Gasteiger partial charge on any atom is 0.339 e. The van der Waals surface area contributed by atoms with E-state index in [4.69, 9.17) is 19.2 Å². The Labute approximate surface area is 245 Å². The highest BCUT2D eigenvalue weighted by Gasteiger charge is 2.28. The molecule has 0 amide bonds. The lowest BCUT2D eigenvalue weighted by atomic mass is 10.0. The lowest BCUT2D eigenvalue weighted by Gasteiger charge is -2.13. The number of aliphatic hydroxyl groups is 1. The van der Waals surface area contributed by atoms with E-state index in [9.17, 15) is 15.2 Å². The van der Waals surface area contributed by atoms with Crippen LogP contribution in [0.1, 0.15) is 38.6 Å². The van der Waals surface area contributed by atoms with Gasteiger partial charge in [0, 0.05) is 5.39 Å². The standard InChI is InChI=1S/C33H25N3O5S/c1-39-27-14-11-19(16-28(27)40-2)15-20-12-13-22-30(21-7-3-4-8-24(21)35-31(20)22)33(38)41-18-26(37)23(17-34)32-36-25-9-5-6-10-29(25)42-32/h3-11,14-16,37H,12-13,18H2,1-2H3/b20-15+,26-23-. The Bertz CT molecular complexity index is 1940. The minimum Gasteiger partial charge on any atom is -0.507 e. The smallest absolute Gasteiger partial charge is 0.339 e. The number of rotatable bonds is 7. The summed E-state index contributed by atoms with van der Waals surface area (Å²) in [6.45, 7) is -0.461. The molecule has 0 saturated carbocycles. The number of aromatic nitrogens is 2. The maximum atomic E-state index is 13.6. The van der Waals surface area contributed by atoms with Gasteiger partial charge in [0.25, 0.3) is 0 Å². The minimum absolute atomic E-state index is 0.0195. The van der Waals surface area contributed by atoms with Gasteiger partial charge in [-0.3, -0.25) is 0 Å². The van der Waals surface area contributed by atoms with E-state index in [0.29, 0.717) is 45.8 Å². The molecule has 0 radical (unpaired) electrons. The van der Waals surface area contributed by atoms with Crippen LogP contribution in [0.5, 0.6) is 11.5 Å². The number of ether oxygens (including phenoxy) is 3. The molecule has 9 heteroatoms. The van der Waals surface area contributed by atoms with Crippen molar-refractivity contribution in [1.29, 1.82) is 5.26 Å². The number of esters is 1. The van der Waals surface area contributed by atoms with Crippen molar-refractivity contribution < 1.29 is 24.1 Å². The Morgan fingerprint density at radius 3 is 2.52 bits per heavy atom. The summed E-state index contributed by atoms with van der Waals surface area (Å²) in [6, 6.07) is 22.6. The monoisotopic (exact) mass is 575 g/mol. The molecule has 2 aromatic heterocycles. The van der Waals surface area contributed by atoms with E-state index >= 15 is 0 Å². The van der Waals surface area contributed by atoms with E-state index in [1.165, 1.54) is 11.3 Å². The molecule has 0 unspecified atom stereocenters. The fourth-order valence-electron chi connectivity index (χ4n) is 5.15. The summed E-state index contributed by atoms with van der Waals surface area (Å²) in [5.74, 6) is 0.316. The van der Waals surface area contributed by atoms with Gasteiger partial charge in [0.15, 0.2) is 17.3 Å². The van der Waals surface area contributed by atoms with Crippen molar-refractivity contribution in [2.75, 3.05) is 20.8 Å². The highest BCUT2D eigenvalue weighted by Crippen LogP contribution is 2.39. The Morgan fingerprint density at radius 2 is 1.76 bits per heavy atom. The molecule has 0 spiro atoms. The van der Waals surface area contributed by atoms with Crippen molar-refractivity contribution in [2.45, 2.75) is 12.8 Å². The number of benzene rings is 3. The fourth-order valence-corrected chi connectivity index (χ4v) is 6.13. The van der Waals surface area contributed by atoms with Crippen LogP contribution in [0.2, 0.25) is 0 Å². The van der Waals surface area contributed by atoms with Crippen molar-refractivity contribution in [2.24, 2.45) is 0 Å². The Morgan fingerprint density at radius 1 is 1.00 bits per heavy atom. The zero-order valence-electron chi connectivity index (χ0n) is 22.9. The summed E-state index contributed by atoms with van der Waals surface area (Å²) in [6.07, 6.45) is 3.33. The molecule has 42 heavy (non-hydrogen) atoms. The van der Waals surface area contributed by atoms with Gasteiger partial charge in [0.05, 0.1) is 41.2 Å². The van der Waals surface area contributed by atoms with E-state index in [0.717, 1.165) is 32.6 Å². The van der Waals surface area contributed by atoms with Gasteiger partial charge in [-0.15, -0.1) is 11.3 Å². The van der Waals surface area contributed by atoms with Gasteiger partial charge in [-0.25, -0.2) is 14.8 Å². The van der Waals surface area contributed by atoms with Crippen LogP contribution < -0.4 is 9.47 Å². The van der Waals surface area contributed by atoms with Gasteiger partial charge >= 0.3 is 5.97 Å². The normalized spacial score (nSPS) is 14.0. The first-order valence-electron chi connectivity index (χ1n) is 13.2. The lowest BCUT2D eigenvalue weighted by Crippen LogP contribution is -2.13. The number of nitrogens with zero attached hydrogens (tertiary/aromatic N) is 3. The van der Waals surface area contributed by atoms with E-state index in [1.807, 2.05) is 78.9 Å².